The zero-order valence-electron chi connectivity index (χ0n) is 11.8. The fourth-order valence-corrected chi connectivity index (χ4v) is 3.16. The summed E-state index contributed by atoms with van der Waals surface area (Å²) in [4.78, 5) is 0. The topological polar surface area (TPSA) is 46.2 Å². The number of aliphatic hydroxyl groups excluding tert-OH is 1. The highest BCUT2D eigenvalue weighted by atomic mass is 19.1. The number of halogens is 1. The highest BCUT2D eigenvalue weighted by molar-refractivity contribution is 5.30. The predicted octanol–water partition coefficient (Wildman–Crippen LogP) is 3.32. The quantitative estimate of drug-likeness (QED) is 0.880. The standard InChI is InChI=1S/C16H24FNO/c1-11-5-7-16(10-18,8-6-11)15(19)14-9-13(17)4-3-12(14)2/h3-4,9,11,15,19H,5-8,10,18H2,1-2H3. The largest absolute Gasteiger partial charge is 0.388 e. The highest BCUT2D eigenvalue weighted by Gasteiger charge is 2.40. The molecule has 1 saturated carbocycles. The molecule has 0 radical (unpaired) electrons. The fraction of sp³-hybridized carbons (Fsp3) is 0.625. The van der Waals surface area contributed by atoms with E-state index in [1.807, 2.05) is 6.92 Å². The molecule has 1 fully saturated rings. The molecule has 1 aromatic rings. The third kappa shape index (κ3) is 2.82. The lowest BCUT2D eigenvalue weighted by molar-refractivity contribution is -0.00871. The molecule has 0 heterocycles. The Balaban J connectivity index is 2.30. The van der Waals surface area contributed by atoms with Crippen LogP contribution in [0.1, 0.15) is 49.8 Å². The van der Waals surface area contributed by atoms with E-state index < -0.39 is 6.10 Å². The number of benzene rings is 1. The molecule has 3 heteroatoms. The molecular formula is C16H24FNO. The minimum atomic E-state index is -0.666. The average molecular weight is 265 g/mol. The van der Waals surface area contributed by atoms with E-state index in [1.165, 1.54) is 12.1 Å². The van der Waals surface area contributed by atoms with Gasteiger partial charge in [0.25, 0.3) is 0 Å². The molecule has 1 aliphatic carbocycles. The summed E-state index contributed by atoms with van der Waals surface area (Å²) < 4.78 is 13.4. The molecule has 1 unspecified atom stereocenters. The van der Waals surface area contributed by atoms with Crippen LogP contribution >= 0.6 is 0 Å². The van der Waals surface area contributed by atoms with E-state index in [0.29, 0.717) is 18.0 Å². The van der Waals surface area contributed by atoms with Crippen molar-refractivity contribution in [2.75, 3.05) is 6.54 Å². The Kier molecular flexibility index (Phi) is 4.26. The molecule has 0 spiro atoms. The smallest absolute Gasteiger partial charge is 0.123 e. The molecule has 1 atom stereocenters. The van der Waals surface area contributed by atoms with Crippen LogP contribution in [0.2, 0.25) is 0 Å². The second-order valence-corrected chi connectivity index (χ2v) is 6.15. The Morgan fingerprint density at radius 1 is 1.42 bits per heavy atom. The van der Waals surface area contributed by atoms with Crippen LogP contribution in [0.15, 0.2) is 18.2 Å². The molecule has 106 valence electrons. The summed E-state index contributed by atoms with van der Waals surface area (Å²) in [6.07, 6.45) is 3.34. The molecule has 2 rings (SSSR count). The molecule has 1 aliphatic rings. The summed E-state index contributed by atoms with van der Waals surface area (Å²) in [7, 11) is 0. The number of aryl methyl sites for hydroxylation is 1. The van der Waals surface area contributed by atoms with Gasteiger partial charge in [-0.15, -0.1) is 0 Å². The van der Waals surface area contributed by atoms with Crippen LogP contribution in [0.4, 0.5) is 4.39 Å². The van der Waals surface area contributed by atoms with Gasteiger partial charge in [0.2, 0.25) is 0 Å². The molecule has 0 bridgehead atoms. The molecule has 0 amide bonds. The molecule has 0 saturated heterocycles. The molecule has 2 nitrogen and oxygen atoms in total. The zero-order chi connectivity index (χ0) is 14.0. The van der Waals surface area contributed by atoms with E-state index in [4.69, 9.17) is 5.73 Å². The van der Waals surface area contributed by atoms with Crippen molar-refractivity contribution >= 4 is 0 Å². The lowest BCUT2D eigenvalue weighted by atomic mass is 9.66. The SMILES string of the molecule is Cc1ccc(F)cc1C(O)C1(CN)CCC(C)CC1. The van der Waals surface area contributed by atoms with Gasteiger partial charge in [0.05, 0.1) is 6.10 Å². The number of hydrogen-bond acceptors (Lipinski definition) is 2. The highest BCUT2D eigenvalue weighted by Crippen LogP contribution is 2.47. The van der Waals surface area contributed by atoms with E-state index in [1.54, 1.807) is 6.07 Å². The van der Waals surface area contributed by atoms with Crippen molar-refractivity contribution < 1.29 is 9.50 Å². The Morgan fingerprint density at radius 3 is 2.63 bits per heavy atom. The first-order chi connectivity index (χ1) is 8.98. The second kappa shape index (κ2) is 5.59. The Labute approximate surface area is 114 Å². The Morgan fingerprint density at radius 2 is 2.05 bits per heavy atom. The normalized spacial score (nSPS) is 29.2. The Hall–Kier alpha value is -0.930. The number of hydrogen-bond donors (Lipinski definition) is 2. The van der Waals surface area contributed by atoms with Crippen molar-refractivity contribution in [2.24, 2.45) is 17.1 Å². The number of rotatable bonds is 3. The fourth-order valence-electron chi connectivity index (χ4n) is 3.16. The van der Waals surface area contributed by atoms with Crippen LogP contribution in [0.25, 0.3) is 0 Å². The van der Waals surface area contributed by atoms with Gasteiger partial charge in [-0.2, -0.15) is 0 Å². The second-order valence-electron chi connectivity index (χ2n) is 6.15. The maximum Gasteiger partial charge on any atom is 0.123 e. The van der Waals surface area contributed by atoms with Gasteiger partial charge in [-0.25, -0.2) is 4.39 Å². The van der Waals surface area contributed by atoms with Gasteiger partial charge in [-0.05, 0) is 48.9 Å². The number of nitrogens with two attached hydrogens (primary N) is 1. The average Bonchev–Trinajstić information content (AvgIpc) is 2.42. The maximum absolute atomic E-state index is 13.4. The lowest BCUT2D eigenvalue weighted by Crippen LogP contribution is -2.40. The van der Waals surface area contributed by atoms with Crippen LogP contribution in [0.5, 0.6) is 0 Å². The molecule has 0 aliphatic heterocycles. The van der Waals surface area contributed by atoms with Gasteiger partial charge in [0, 0.05) is 12.0 Å². The minimum absolute atomic E-state index is 0.287. The molecule has 19 heavy (non-hydrogen) atoms. The summed E-state index contributed by atoms with van der Waals surface area (Å²) in [6.45, 7) is 4.60. The van der Waals surface area contributed by atoms with Crippen molar-refractivity contribution in [3.05, 3.63) is 35.1 Å². The van der Waals surface area contributed by atoms with Crippen molar-refractivity contribution in [3.8, 4) is 0 Å². The van der Waals surface area contributed by atoms with Crippen molar-refractivity contribution in [2.45, 2.75) is 45.6 Å². The zero-order valence-corrected chi connectivity index (χ0v) is 11.8. The van der Waals surface area contributed by atoms with E-state index in [-0.39, 0.29) is 11.2 Å². The molecular weight excluding hydrogens is 241 g/mol. The summed E-state index contributed by atoms with van der Waals surface area (Å²) in [6, 6.07) is 4.61. The molecule has 1 aromatic carbocycles. The van der Waals surface area contributed by atoms with Crippen molar-refractivity contribution in [3.63, 3.8) is 0 Å². The molecule has 0 aromatic heterocycles. The van der Waals surface area contributed by atoms with Crippen LogP contribution in [-0.2, 0) is 0 Å². The Bertz CT molecular complexity index is 438. The summed E-state index contributed by atoms with van der Waals surface area (Å²) in [5.41, 5.74) is 7.29. The number of aliphatic hydroxyl groups is 1. The first-order valence-corrected chi connectivity index (χ1v) is 7.13. The van der Waals surface area contributed by atoms with Crippen LogP contribution in [0.3, 0.4) is 0 Å². The van der Waals surface area contributed by atoms with Crippen LogP contribution in [0, 0.1) is 24.1 Å². The first-order valence-electron chi connectivity index (χ1n) is 7.13. The minimum Gasteiger partial charge on any atom is -0.388 e. The monoisotopic (exact) mass is 265 g/mol. The van der Waals surface area contributed by atoms with Gasteiger partial charge < -0.3 is 10.8 Å². The van der Waals surface area contributed by atoms with Crippen molar-refractivity contribution in [1.29, 1.82) is 0 Å². The van der Waals surface area contributed by atoms with E-state index in [9.17, 15) is 9.50 Å². The van der Waals surface area contributed by atoms with Crippen molar-refractivity contribution in [1.82, 2.24) is 0 Å². The maximum atomic E-state index is 13.4. The van der Waals surface area contributed by atoms with Gasteiger partial charge in [0.1, 0.15) is 5.82 Å². The predicted molar refractivity (Wildman–Crippen MR) is 75.2 cm³/mol. The molecule has 3 N–H and O–H groups in total. The van der Waals surface area contributed by atoms with Gasteiger partial charge in [-0.3, -0.25) is 0 Å². The summed E-state index contributed by atoms with van der Waals surface area (Å²) >= 11 is 0. The van der Waals surface area contributed by atoms with Gasteiger partial charge in [-0.1, -0.05) is 25.8 Å². The van der Waals surface area contributed by atoms with E-state index in [2.05, 4.69) is 6.92 Å². The third-order valence-corrected chi connectivity index (χ3v) is 4.79. The van der Waals surface area contributed by atoms with Gasteiger partial charge >= 0.3 is 0 Å². The summed E-state index contributed by atoms with van der Waals surface area (Å²) in [5, 5.41) is 10.7. The summed E-state index contributed by atoms with van der Waals surface area (Å²) in [5.74, 6) is 0.400. The first kappa shape index (κ1) is 14.5. The van der Waals surface area contributed by atoms with E-state index in [0.717, 1.165) is 31.2 Å². The third-order valence-electron chi connectivity index (χ3n) is 4.79. The van der Waals surface area contributed by atoms with Crippen LogP contribution < -0.4 is 5.73 Å². The van der Waals surface area contributed by atoms with E-state index >= 15 is 0 Å². The lowest BCUT2D eigenvalue weighted by Gasteiger charge is -2.42. The van der Waals surface area contributed by atoms with Gasteiger partial charge in [0.15, 0.2) is 0 Å². The van der Waals surface area contributed by atoms with Crippen LogP contribution in [-0.4, -0.2) is 11.7 Å².